The van der Waals surface area contributed by atoms with E-state index < -0.39 is 0 Å². The Morgan fingerprint density at radius 3 is 2.79 bits per heavy atom. The van der Waals surface area contributed by atoms with Gasteiger partial charge in [0.25, 0.3) is 0 Å². The van der Waals surface area contributed by atoms with E-state index in [9.17, 15) is 4.79 Å². The minimum Gasteiger partial charge on any atom is -0.326 e. The van der Waals surface area contributed by atoms with Gasteiger partial charge in [-0.3, -0.25) is 4.79 Å². The highest BCUT2D eigenvalue weighted by Gasteiger charge is 2.23. The zero-order valence-electron chi connectivity index (χ0n) is 8.23. The van der Waals surface area contributed by atoms with E-state index in [0.29, 0.717) is 12.3 Å². The van der Waals surface area contributed by atoms with Gasteiger partial charge in [0.15, 0.2) is 0 Å². The van der Waals surface area contributed by atoms with Crippen LogP contribution >= 0.6 is 11.6 Å². The molecule has 0 aliphatic carbocycles. The number of carbonyl (C=O) groups is 1. The monoisotopic (exact) mass is 209 g/mol. The molecule has 0 atom stereocenters. The number of anilines is 1. The molecular formula is C11H12ClNO. The highest BCUT2D eigenvalue weighted by molar-refractivity contribution is 6.31. The lowest BCUT2D eigenvalue weighted by molar-refractivity contribution is -0.115. The highest BCUT2D eigenvalue weighted by Crippen LogP contribution is 2.35. The summed E-state index contributed by atoms with van der Waals surface area (Å²) < 4.78 is 0. The quantitative estimate of drug-likeness (QED) is 0.757. The van der Waals surface area contributed by atoms with Crippen molar-refractivity contribution in [1.82, 2.24) is 0 Å². The number of hydrogen-bond donors (Lipinski definition) is 1. The molecule has 0 aromatic heterocycles. The maximum Gasteiger partial charge on any atom is 0.228 e. The van der Waals surface area contributed by atoms with Gasteiger partial charge in [-0.1, -0.05) is 25.4 Å². The van der Waals surface area contributed by atoms with Crippen LogP contribution in [0.15, 0.2) is 12.1 Å². The van der Waals surface area contributed by atoms with Crippen LogP contribution in [0.5, 0.6) is 0 Å². The van der Waals surface area contributed by atoms with Crippen molar-refractivity contribution >= 4 is 23.2 Å². The molecule has 0 fully saturated rings. The summed E-state index contributed by atoms with van der Waals surface area (Å²) >= 11 is 6.11. The van der Waals surface area contributed by atoms with Gasteiger partial charge in [0.05, 0.1) is 6.42 Å². The van der Waals surface area contributed by atoms with Crippen molar-refractivity contribution in [3.05, 3.63) is 28.3 Å². The number of rotatable bonds is 1. The summed E-state index contributed by atoms with van der Waals surface area (Å²) in [6.07, 6.45) is 0.462. The molecule has 0 bridgehead atoms. The molecule has 1 heterocycles. The van der Waals surface area contributed by atoms with Crippen LogP contribution in [0, 0.1) is 0 Å². The molecule has 2 nitrogen and oxygen atoms in total. The molecule has 0 saturated heterocycles. The van der Waals surface area contributed by atoms with Crippen LogP contribution in [0.3, 0.4) is 0 Å². The Hall–Kier alpha value is -1.02. The minimum atomic E-state index is 0.0594. The molecule has 1 aromatic carbocycles. The molecule has 2 rings (SSSR count). The van der Waals surface area contributed by atoms with Crippen LogP contribution in [-0.4, -0.2) is 5.91 Å². The predicted octanol–water partition coefficient (Wildman–Crippen LogP) is 2.96. The Kier molecular flexibility index (Phi) is 2.23. The van der Waals surface area contributed by atoms with Gasteiger partial charge >= 0.3 is 0 Å². The van der Waals surface area contributed by atoms with E-state index in [1.54, 1.807) is 0 Å². The summed E-state index contributed by atoms with van der Waals surface area (Å²) in [6.45, 7) is 4.18. The topological polar surface area (TPSA) is 29.1 Å². The molecule has 1 aliphatic heterocycles. The van der Waals surface area contributed by atoms with Gasteiger partial charge in [-0.25, -0.2) is 0 Å². The Balaban J connectivity index is 2.59. The Morgan fingerprint density at radius 2 is 2.14 bits per heavy atom. The third-order valence-electron chi connectivity index (χ3n) is 2.49. The zero-order valence-corrected chi connectivity index (χ0v) is 8.98. The molecule has 1 N–H and O–H groups in total. The Labute approximate surface area is 88.3 Å². The molecule has 14 heavy (non-hydrogen) atoms. The Bertz CT molecular complexity index is 399. The van der Waals surface area contributed by atoms with Crippen molar-refractivity contribution in [2.24, 2.45) is 0 Å². The molecule has 74 valence electrons. The van der Waals surface area contributed by atoms with Crippen molar-refractivity contribution in [1.29, 1.82) is 0 Å². The van der Waals surface area contributed by atoms with Gasteiger partial charge < -0.3 is 5.32 Å². The lowest BCUT2D eigenvalue weighted by Gasteiger charge is -2.12. The van der Waals surface area contributed by atoms with Crippen LogP contribution in [0.25, 0.3) is 0 Å². The number of benzene rings is 1. The average Bonchev–Trinajstić information content (AvgIpc) is 2.43. The SMILES string of the molecule is CC(C)c1c(Cl)ccc2c1CC(=O)N2. The van der Waals surface area contributed by atoms with E-state index in [1.807, 2.05) is 12.1 Å². The zero-order chi connectivity index (χ0) is 10.3. The van der Waals surface area contributed by atoms with Gasteiger partial charge in [0, 0.05) is 10.7 Å². The smallest absolute Gasteiger partial charge is 0.228 e. The second-order valence-corrected chi connectivity index (χ2v) is 4.27. The second kappa shape index (κ2) is 3.28. The molecule has 1 amide bonds. The number of nitrogens with one attached hydrogen (secondary N) is 1. The van der Waals surface area contributed by atoms with Crippen LogP contribution < -0.4 is 5.32 Å². The second-order valence-electron chi connectivity index (χ2n) is 3.87. The first-order chi connectivity index (χ1) is 6.59. The number of hydrogen-bond acceptors (Lipinski definition) is 1. The molecule has 1 aromatic rings. The predicted molar refractivity (Wildman–Crippen MR) is 57.9 cm³/mol. The van der Waals surface area contributed by atoms with Crippen LogP contribution in [0.2, 0.25) is 5.02 Å². The van der Waals surface area contributed by atoms with E-state index >= 15 is 0 Å². The van der Waals surface area contributed by atoms with Crippen molar-refractivity contribution in [2.75, 3.05) is 5.32 Å². The van der Waals surface area contributed by atoms with E-state index in [1.165, 1.54) is 0 Å². The molecule has 0 spiro atoms. The van der Waals surface area contributed by atoms with Gasteiger partial charge in [0.1, 0.15) is 0 Å². The molecular weight excluding hydrogens is 198 g/mol. The maximum absolute atomic E-state index is 11.2. The molecule has 0 radical (unpaired) electrons. The van der Waals surface area contributed by atoms with E-state index in [0.717, 1.165) is 21.8 Å². The third-order valence-corrected chi connectivity index (χ3v) is 2.82. The van der Waals surface area contributed by atoms with Crippen LogP contribution in [0.1, 0.15) is 30.9 Å². The number of halogens is 1. The number of fused-ring (bicyclic) bond motifs is 1. The summed E-state index contributed by atoms with van der Waals surface area (Å²) in [5, 5.41) is 3.58. The first kappa shape index (κ1) is 9.53. The molecule has 3 heteroatoms. The Morgan fingerprint density at radius 1 is 1.43 bits per heavy atom. The fourth-order valence-corrected chi connectivity index (χ4v) is 2.32. The maximum atomic E-state index is 11.2. The molecule has 1 aliphatic rings. The van der Waals surface area contributed by atoms with Crippen LogP contribution in [-0.2, 0) is 11.2 Å². The number of amides is 1. The lowest BCUT2D eigenvalue weighted by atomic mass is 9.95. The van der Waals surface area contributed by atoms with Gasteiger partial charge in [0.2, 0.25) is 5.91 Å². The van der Waals surface area contributed by atoms with Crippen molar-refractivity contribution in [2.45, 2.75) is 26.2 Å². The largest absolute Gasteiger partial charge is 0.326 e. The molecule has 0 unspecified atom stereocenters. The summed E-state index contributed by atoms with van der Waals surface area (Å²) in [4.78, 5) is 11.2. The van der Waals surface area contributed by atoms with E-state index in [2.05, 4.69) is 19.2 Å². The summed E-state index contributed by atoms with van der Waals surface area (Å²) in [7, 11) is 0. The first-order valence-corrected chi connectivity index (χ1v) is 5.08. The third kappa shape index (κ3) is 1.40. The number of carbonyl (C=O) groups excluding carboxylic acids is 1. The van der Waals surface area contributed by atoms with Crippen molar-refractivity contribution in [3.63, 3.8) is 0 Å². The van der Waals surface area contributed by atoms with Crippen LogP contribution in [0.4, 0.5) is 5.69 Å². The van der Waals surface area contributed by atoms with Crippen molar-refractivity contribution < 1.29 is 4.79 Å². The van der Waals surface area contributed by atoms with Gasteiger partial charge in [-0.05, 0) is 29.2 Å². The van der Waals surface area contributed by atoms with Gasteiger partial charge in [-0.2, -0.15) is 0 Å². The standard InChI is InChI=1S/C11H12ClNO/c1-6(2)11-7-5-10(14)13-9(7)4-3-8(11)12/h3-4,6H,5H2,1-2H3,(H,13,14). The van der Waals surface area contributed by atoms with E-state index in [4.69, 9.17) is 11.6 Å². The molecule has 0 saturated carbocycles. The van der Waals surface area contributed by atoms with Crippen molar-refractivity contribution in [3.8, 4) is 0 Å². The minimum absolute atomic E-state index is 0.0594. The van der Waals surface area contributed by atoms with Gasteiger partial charge in [-0.15, -0.1) is 0 Å². The normalized spacial score (nSPS) is 14.4. The lowest BCUT2D eigenvalue weighted by Crippen LogP contribution is -2.03. The summed E-state index contributed by atoms with van der Waals surface area (Å²) in [5.74, 6) is 0.411. The first-order valence-electron chi connectivity index (χ1n) is 4.70. The van der Waals surface area contributed by atoms with E-state index in [-0.39, 0.29) is 5.91 Å². The summed E-state index contributed by atoms with van der Waals surface area (Å²) in [6, 6.07) is 3.72. The average molecular weight is 210 g/mol. The fraction of sp³-hybridized carbons (Fsp3) is 0.364. The summed E-state index contributed by atoms with van der Waals surface area (Å²) in [5.41, 5.74) is 3.09. The fourth-order valence-electron chi connectivity index (χ4n) is 1.92. The highest BCUT2D eigenvalue weighted by atomic mass is 35.5.